The van der Waals surface area contributed by atoms with Crippen molar-refractivity contribution in [2.24, 2.45) is 0 Å². The molecule has 5 nitrogen and oxygen atoms in total. The molecule has 5 heteroatoms. The standard InChI is InChI=1S/C13H25N3O2/c1-14-5-7-15(8-6-14)9-10-16-4-2-3-12(16)11-13(17)18/h12H,2-11H2,1H3,(H,17,18). The first-order valence-electron chi connectivity index (χ1n) is 7.02. The predicted molar refractivity (Wildman–Crippen MR) is 70.8 cm³/mol. The van der Waals surface area contributed by atoms with E-state index in [0.717, 1.165) is 58.7 Å². The lowest BCUT2D eigenvalue weighted by Crippen LogP contribution is -2.47. The van der Waals surface area contributed by atoms with Crippen molar-refractivity contribution in [3.63, 3.8) is 0 Å². The van der Waals surface area contributed by atoms with Crippen molar-refractivity contribution in [3.05, 3.63) is 0 Å². The molecule has 0 amide bonds. The van der Waals surface area contributed by atoms with Crippen LogP contribution in [0, 0.1) is 0 Å². The van der Waals surface area contributed by atoms with Crippen LogP contribution in [0.3, 0.4) is 0 Å². The smallest absolute Gasteiger partial charge is 0.304 e. The number of piperazine rings is 1. The van der Waals surface area contributed by atoms with Crippen molar-refractivity contribution in [3.8, 4) is 0 Å². The summed E-state index contributed by atoms with van der Waals surface area (Å²) in [4.78, 5) is 18.0. The van der Waals surface area contributed by atoms with Crippen LogP contribution in [0.1, 0.15) is 19.3 Å². The highest BCUT2D eigenvalue weighted by Gasteiger charge is 2.26. The van der Waals surface area contributed by atoms with E-state index in [9.17, 15) is 4.79 Å². The van der Waals surface area contributed by atoms with E-state index in [1.807, 2.05) is 0 Å². The van der Waals surface area contributed by atoms with Crippen molar-refractivity contribution < 1.29 is 9.90 Å². The molecule has 18 heavy (non-hydrogen) atoms. The number of hydrogen-bond donors (Lipinski definition) is 1. The summed E-state index contributed by atoms with van der Waals surface area (Å²) in [6, 6.07) is 0.273. The fraction of sp³-hybridized carbons (Fsp3) is 0.923. The SMILES string of the molecule is CN1CCN(CCN2CCCC2CC(=O)O)CC1. The van der Waals surface area contributed by atoms with Crippen molar-refractivity contribution in [2.45, 2.75) is 25.3 Å². The minimum Gasteiger partial charge on any atom is -0.481 e. The van der Waals surface area contributed by atoms with Gasteiger partial charge in [-0.25, -0.2) is 0 Å². The molecule has 0 bridgehead atoms. The van der Waals surface area contributed by atoms with Crippen LogP contribution >= 0.6 is 0 Å². The monoisotopic (exact) mass is 255 g/mol. The van der Waals surface area contributed by atoms with Crippen LogP contribution in [-0.4, -0.2) is 84.7 Å². The van der Waals surface area contributed by atoms with Crippen LogP contribution in [0.15, 0.2) is 0 Å². The molecule has 0 radical (unpaired) electrons. The Morgan fingerprint density at radius 1 is 1.17 bits per heavy atom. The zero-order valence-electron chi connectivity index (χ0n) is 11.3. The summed E-state index contributed by atoms with van der Waals surface area (Å²) in [5, 5.41) is 8.90. The summed E-state index contributed by atoms with van der Waals surface area (Å²) in [6.45, 7) is 7.79. The summed E-state index contributed by atoms with van der Waals surface area (Å²) in [5.74, 6) is -0.661. The van der Waals surface area contributed by atoms with Gasteiger partial charge in [-0.05, 0) is 26.4 Å². The van der Waals surface area contributed by atoms with Gasteiger partial charge in [0.2, 0.25) is 0 Å². The molecule has 0 saturated carbocycles. The molecule has 104 valence electrons. The summed E-state index contributed by atoms with van der Waals surface area (Å²) in [6.07, 6.45) is 2.51. The van der Waals surface area contributed by atoms with Crippen LogP contribution < -0.4 is 0 Å². The summed E-state index contributed by atoms with van der Waals surface area (Å²) in [5.41, 5.74) is 0. The van der Waals surface area contributed by atoms with Crippen LogP contribution in [-0.2, 0) is 4.79 Å². The second kappa shape index (κ2) is 6.50. The van der Waals surface area contributed by atoms with Gasteiger partial charge in [-0.2, -0.15) is 0 Å². The van der Waals surface area contributed by atoms with Crippen molar-refractivity contribution >= 4 is 5.97 Å². The topological polar surface area (TPSA) is 47.0 Å². The van der Waals surface area contributed by atoms with E-state index in [0.29, 0.717) is 6.42 Å². The Balaban J connectivity index is 1.70. The lowest BCUT2D eigenvalue weighted by Gasteiger charge is -2.34. The molecule has 2 saturated heterocycles. The van der Waals surface area contributed by atoms with Gasteiger partial charge in [-0.15, -0.1) is 0 Å². The quantitative estimate of drug-likeness (QED) is 0.759. The Morgan fingerprint density at radius 2 is 1.89 bits per heavy atom. The van der Waals surface area contributed by atoms with E-state index in [1.54, 1.807) is 0 Å². The number of carboxylic acid groups (broad SMARTS) is 1. The second-order valence-corrected chi connectivity index (χ2v) is 5.57. The number of carboxylic acids is 1. The lowest BCUT2D eigenvalue weighted by atomic mass is 10.1. The molecule has 2 aliphatic heterocycles. The van der Waals surface area contributed by atoms with E-state index >= 15 is 0 Å². The largest absolute Gasteiger partial charge is 0.481 e. The third-order valence-corrected chi connectivity index (χ3v) is 4.21. The Bertz CT molecular complexity index is 277. The van der Waals surface area contributed by atoms with Gasteiger partial charge < -0.3 is 10.0 Å². The molecule has 0 spiro atoms. The summed E-state index contributed by atoms with van der Waals surface area (Å²) < 4.78 is 0. The highest BCUT2D eigenvalue weighted by atomic mass is 16.4. The van der Waals surface area contributed by atoms with E-state index in [4.69, 9.17) is 5.11 Å². The maximum atomic E-state index is 10.8. The highest BCUT2D eigenvalue weighted by molar-refractivity contribution is 5.67. The van der Waals surface area contributed by atoms with E-state index in [2.05, 4.69) is 21.7 Å². The Morgan fingerprint density at radius 3 is 2.56 bits per heavy atom. The number of likely N-dealkylation sites (N-methyl/N-ethyl adjacent to an activating group) is 1. The maximum absolute atomic E-state index is 10.8. The number of aliphatic carboxylic acids is 1. The second-order valence-electron chi connectivity index (χ2n) is 5.57. The molecular formula is C13H25N3O2. The minimum absolute atomic E-state index is 0.273. The molecule has 1 unspecified atom stereocenters. The van der Waals surface area contributed by atoms with Crippen LogP contribution in [0.5, 0.6) is 0 Å². The predicted octanol–water partition coefficient (Wildman–Crippen LogP) is 0.173. The van der Waals surface area contributed by atoms with Gasteiger partial charge in [0.1, 0.15) is 0 Å². The molecule has 2 aliphatic rings. The number of hydrogen-bond acceptors (Lipinski definition) is 4. The molecule has 1 atom stereocenters. The zero-order chi connectivity index (χ0) is 13.0. The first-order chi connectivity index (χ1) is 8.65. The molecule has 1 N–H and O–H groups in total. The Kier molecular flexibility index (Phi) is 4.97. The van der Waals surface area contributed by atoms with Gasteiger partial charge in [0.25, 0.3) is 0 Å². The first kappa shape index (κ1) is 13.8. The zero-order valence-corrected chi connectivity index (χ0v) is 11.3. The minimum atomic E-state index is -0.661. The number of carbonyl (C=O) groups is 1. The van der Waals surface area contributed by atoms with E-state index in [-0.39, 0.29) is 6.04 Å². The molecular weight excluding hydrogens is 230 g/mol. The van der Waals surface area contributed by atoms with Crippen molar-refractivity contribution in [1.82, 2.24) is 14.7 Å². The molecule has 0 aromatic rings. The first-order valence-corrected chi connectivity index (χ1v) is 7.02. The van der Waals surface area contributed by atoms with Gasteiger partial charge in [0, 0.05) is 45.3 Å². The molecule has 0 aliphatic carbocycles. The average molecular weight is 255 g/mol. The van der Waals surface area contributed by atoms with Gasteiger partial charge in [0.05, 0.1) is 6.42 Å². The van der Waals surface area contributed by atoms with Crippen LogP contribution in [0.2, 0.25) is 0 Å². The molecule has 2 heterocycles. The summed E-state index contributed by atoms with van der Waals surface area (Å²) >= 11 is 0. The number of rotatable bonds is 5. The fourth-order valence-corrected chi connectivity index (χ4v) is 2.96. The van der Waals surface area contributed by atoms with Crippen molar-refractivity contribution in [1.29, 1.82) is 0 Å². The third-order valence-electron chi connectivity index (χ3n) is 4.21. The van der Waals surface area contributed by atoms with Gasteiger partial charge in [-0.3, -0.25) is 14.6 Å². The molecule has 0 aromatic carbocycles. The summed E-state index contributed by atoms with van der Waals surface area (Å²) in [7, 11) is 2.17. The molecule has 2 rings (SSSR count). The van der Waals surface area contributed by atoms with E-state index < -0.39 is 5.97 Å². The third kappa shape index (κ3) is 3.93. The lowest BCUT2D eigenvalue weighted by molar-refractivity contribution is -0.138. The fourth-order valence-electron chi connectivity index (χ4n) is 2.96. The van der Waals surface area contributed by atoms with Crippen molar-refractivity contribution in [2.75, 3.05) is 52.9 Å². The average Bonchev–Trinajstić information content (AvgIpc) is 2.75. The van der Waals surface area contributed by atoms with Gasteiger partial charge >= 0.3 is 5.97 Å². The van der Waals surface area contributed by atoms with Crippen LogP contribution in [0.4, 0.5) is 0 Å². The van der Waals surface area contributed by atoms with Crippen LogP contribution in [0.25, 0.3) is 0 Å². The van der Waals surface area contributed by atoms with Gasteiger partial charge in [-0.1, -0.05) is 0 Å². The van der Waals surface area contributed by atoms with E-state index in [1.165, 1.54) is 0 Å². The Hall–Kier alpha value is -0.650. The molecule has 0 aromatic heterocycles. The molecule has 2 fully saturated rings. The normalized spacial score (nSPS) is 27.7. The Labute approximate surface area is 109 Å². The number of likely N-dealkylation sites (tertiary alicyclic amines) is 1. The number of nitrogens with zero attached hydrogens (tertiary/aromatic N) is 3. The maximum Gasteiger partial charge on any atom is 0.304 e. The highest BCUT2D eigenvalue weighted by Crippen LogP contribution is 2.19. The van der Waals surface area contributed by atoms with Gasteiger partial charge in [0.15, 0.2) is 0 Å².